The molecule has 182 valence electrons. The van der Waals surface area contributed by atoms with E-state index in [1.54, 1.807) is 6.20 Å². The second-order valence-electron chi connectivity index (χ2n) is 8.98. The number of thiocarbonyl (C=S) groups is 1. The van der Waals surface area contributed by atoms with Crippen LogP contribution in [-0.2, 0) is 4.79 Å². The van der Waals surface area contributed by atoms with Gasteiger partial charge in [0, 0.05) is 42.9 Å². The zero-order chi connectivity index (χ0) is 25.1. The van der Waals surface area contributed by atoms with E-state index >= 15 is 0 Å². The molecule has 1 amide bonds. The van der Waals surface area contributed by atoms with Gasteiger partial charge in [-0.2, -0.15) is 0 Å². The van der Waals surface area contributed by atoms with Crippen LogP contribution in [0.2, 0.25) is 0 Å². The molecular formula is C28H28N6OS. The smallest absolute Gasteiger partial charge is 0.226 e. The Kier molecular flexibility index (Phi) is 6.77. The van der Waals surface area contributed by atoms with E-state index in [-0.39, 0.29) is 18.0 Å². The number of carbonyl (C=O) groups is 1. The highest BCUT2D eigenvalue weighted by Gasteiger charge is 2.41. The standard InChI is InChI=1S/C28H28N6OS/c1-19-7-5-8-21(17-19)31-25(35)13-16-34-27(26(32-28(34)36)22-9-3-4-14-29-22)23-10-6-15-33(23)24-12-11-20(2)18-30-24/h3-12,14-15,17-18,26-27H,13,16H2,1-2H3,(H,31,35)(H,32,36). The van der Waals surface area contributed by atoms with Crippen LogP contribution in [0.1, 0.15) is 41.0 Å². The van der Waals surface area contributed by atoms with Gasteiger partial charge in [-0.25, -0.2) is 4.98 Å². The molecule has 2 unspecified atom stereocenters. The van der Waals surface area contributed by atoms with E-state index in [1.165, 1.54) is 0 Å². The van der Waals surface area contributed by atoms with Gasteiger partial charge in [0.15, 0.2) is 5.11 Å². The highest BCUT2D eigenvalue weighted by molar-refractivity contribution is 7.80. The maximum Gasteiger partial charge on any atom is 0.226 e. The monoisotopic (exact) mass is 496 g/mol. The Hall–Kier alpha value is -4.04. The number of aryl methyl sites for hydroxylation is 2. The Balaban J connectivity index is 1.44. The molecule has 0 aliphatic carbocycles. The van der Waals surface area contributed by atoms with Crippen molar-refractivity contribution in [2.24, 2.45) is 0 Å². The average Bonchev–Trinajstić information content (AvgIpc) is 3.48. The van der Waals surface area contributed by atoms with E-state index < -0.39 is 0 Å². The molecule has 36 heavy (non-hydrogen) atoms. The predicted octanol–water partition coefficient (Wildman–Crippen LogP) is 4.89. The number of hydrogen-bond acceptors (Lipinski definition) is 4. The van der Waals surface area contributed by atoms with Crippen LogP contribution in [0, 0.1) is 13.8 Å². The third-order valence-corrected chi connectivity index (χ3v) is 6.66. The maximum absolute atomic E-state index is 12.8. The van der Waals surface area contributed by atoms with Crippen molar-refractivity contribution in [2.45, 2.75) is 32.4 Å². The number of anilines is 1. The summed E-state index contributed by atoms with van der Waals surface area (Å²) in [5.74, 6) is 0.773. The summed E-state index contributed by atoms with van der Waals surface area (Å²) in [6.07, 6.45) is 5.95. The van der Waals surface area contributed by atoms with E-state index in [2.05, 4.69) is 36.1 Å². The van der Waals surface area contributed by atoms with E-state index in [1.807, 2.05) is 86.9 Å². The highest BCUT2D eigenvalue weighted by Crippen LogP contribution is 2.39. The second-order valence-corrected chi connectivity index (χ2v) is 9.37. The molecule has 4 aromatic rings. The molecular weight excluding hydrogens is 468 g/mol. The van der Waals surface area contributed by atoms with E-state index in [0.29, 0.717) is 18.1 Å². The van der Waals surface area contributed by atoms with Crippen molar-refractivity contribution in [3.63, 3.8) is 0 Å². The summed E-state index contributed by atoms with van der Waals surface area (Å²) in [6.45, 7) is 4.49. The molecule has 1 aliphatic rings. The fourth-order valence-corrected chi connectivity index (χ4v) is 4.91. The molecule has 2 N–H and O–H groups in total. The number of nitrogens with zero attached hydrogens (tertiary/aromatic N) is 4. The molecule has 8 heteroatoms. The van der Waals surface area contributed by atoms with Crippen LogP contribution < -0.4 is 10.6 Å². The molecule has 4 heterocycles. The normalized spacial score (nSPS) is 17.2. The van der Waals surface area contributed by atoms with Crippen molar-refractivity contribution in [2.75, 3.05) is 11.9 Å². The molecule has 5 rings (SSSR count). The van der Waals surface area contributed by atoms with Gasteiger partial charge in [0.05, 0.1) is 17.8 Å². The minimum absolute atomic E-state index is 0.0565. The molecule has 7 nitrogen and oxygen atoms in total. The van der Waals surface area contributed by atoms with Crippen LogP contribution in [0.25, 0.3) is 5.82 Å². The fraction of sp³-hybridized carbons (Fsp3) is 0.214. The van der Waals surface area contributed by atoms with Crippen molar-refractivity contribution in [3.8, 4) is 5.82 Å². The lowest BCUT2D eigenvalue weighted by atomic mass is 10.0. The minimum atomic E-state index is -0.169. The van der Waals surface area contributed by atoms with Gasteiger partial charge >= 0.3 is 0 Å². The molecule has 2 atom stereocenters. The van der Waals surface area contributed by atoms with Gasteiger partial charge in [-0.3, -0.25) is 9.78 Å². The van der Waals surface area contributed by atoms with Crippen molar-refractivity contribution < 1.29 is 4.79 Å². The first-order valence-electron chi connectivity index (χ1n) is 11.9. The second kappa shape index (κ2) is 10.3. The first-order valence-corrected chi connectivity index (χ1v) is 12.4. The molecule has 0 bridgehead atoms. The summed E-state index contributed by atoms with van der Waals surface area (Å²) in [7, 11) is 0. The van der Waals surface area contributed by atoms with Crippen LogP contribution >= 0.6 is 12.2 Å². The zero-order valence-corrected chi connectivity index (χ0v) is 21.1. The Morgan fingerprint density at radius 2 is 1.92 bits per heavy atom. The molecule has 1 aromatic carbocycles. The highest BCUT2D eigenvalue weighted by atomic mass is 32.1. The predicted molar refractivity (Wildman–Crippen MR) is 145 cm³/mol. The number of hydrogen-bond donors (Lipinski definition) is 2. The first kappa shape index (κ1) is 23.7. The third-order valence-electron chi connectivity index (χ3n) is 6.31. The number of aromatic nitrogens is 3. The summed E-state index contributed by atoms with van der Waals surface area (Å²) >= 11 is 5.77. The summed E-state index contributed by atoms with van der Waals surface area (Å²) in [6, 6.07) is 21.5. The summed E-state index contributed by atoms with van der Waals surface area (Å²) in [5, 5.41) is 7.06. The third kappa shape index (κ3) is 4.99. The number of benzene rings is 1. The summed E-state index contributed by atoms with van der Waals surface area (Å²) in [4.78, 5) is 24.2. The summed E-state index contributed by atoms with van der Waals surface area (Å²) in [5.41, 5.74) is 4.91. The van der Waals surface area contributed by atoms with Gasteiger partial charge in [0.2, 0.25) is 5.91 Å². The van der Waals surface area contributed by atoms with Gasteiger partial charge in [-0.1, -0.05) is 24.3 Å². The van der Waals surface area contributed by atoms with Crippen LogP contribution in [0.5, 0.6) is 0 Å². The van der Waals surface area contributed by atoms with Crippen LogP contribution in [0.3, 0.4) is 0 Å². The summed E-state index contributed by atoms with van der Waals surface area (Å²) < 4.78 is 2.08. The van der Waals surface area contributed by atoms with Gasteiger partial charge in [0.25, 0.3) is 0 Å². The molecule has 0 saturated carbocycles. The van der Waals surface area contributed by atoms with Crippen LogP contribution in [0.15, 0.2) is 85.3 Å². The minimum Gasteiger partial charge on any atom is -0.352 e. The van der Waals surface area contributed by atoms with Gasteiger partial charge in [-0.05, 0) is 79.7 Å². The van der Waals surface area contributed by atoms with Crippen LogP contribution in [0.4, 0.5) is 5.69 Å². The topological polar surface area (TPSA) is 75.1 Å². The SMILES string of the molecule is Cc1ccc(-n2cccc2C2C(c3ccccn3)NC(=S)N2CCC(=O)Nc2cccc(C)c2)nc1. The van der Waals surface area contributed by atoms with Crippen molar-refractivity contribution in [3.05, 3.63) is 108 Å². The Morgan fingerprint density at radius 3 is 2.67 bits per heavy atom. The Morgan fingerprint density at radius 1 is 1.03 bits per heavy atom. The van der Waals surface area contributed by atoms with Gasteiger partial charge in [0.1, 0.15) is 5.82 Å². The van der Waals surface area contributed by atoms with E-state index in [4.69, 9.17) is 12.2 Å². The van der Waals surface area contributed by atoms with Crippen molar-refractivity contribution in [1.82, 2.24) is 24.8 Å². The molecule has 1 saturated heterocycles. The van der Waals surface area contributed by atoms with Crippen LogP contribution in [-0.4, -0.2) is 37.0 Å². The lowest BCUT2D eigenvalue weighted by Crippen LogP contribution is -2.33. The zero-order valence-electron chi connectivity index (χ0n) is 20.3. The maximum atomic E-state index is 12.8. The van der Waals surface area contributed by atoms with Gasteiger partial charge < -0.3 is 20.1 Å². The van der Waals surface area contributed by atoms with E-state index in [0.717, 1.165) is 34.0 Å². The average molecular weight is 497 g/mol. The number of carbonyl (C=O) groups excluding carboxylic acids is 1. The quantitative estimate of drug-likeness (QED) is 0.355. The van der Waals surface area contributed by atoms with E-state index in [9.17, 15) is 4.79 Å². The molecule has 1 aliphatic heterocycles. The fourth-order valence-electron chi connectivity index (χ4n) is 4.58. The van der Waals surface area contributed by atoms with Crippen molar-refractivity contribution in [1.29, 1.82) is 0 Å². The lowest BCUT2D eigenvalue weighted by molar-refractivity contribution is -0.116. The number of rotatable bonds is 7. The number of amides is 1. The largest absolute Gasteiger partial charge is 0.352 e. The number of nitrogens with one attached hydrogen (secondary N) is 2. The Bertz CT molecular complexity index is 1370. The molecule has 1 fully saturated rings. The van der Waals surface area contributed by atoms with Gasteiger partial charge in [-0.15, -0.1) is 0 Å². The Labute approximate surface area is 216 Å². The lowest BCUT2D eigenvalue weighted by Gasteiger charge is -2.28. The first-order chi connectivity index (χ1) is 17.5. The molecule has 0 spiro atoms. The number of pyridine rings is 2. The molecule has 0 radical (unpaired) electrons. The van der Waals surface area contributed by atoms with Crippen molar-refractivity contribution >= 4 is 28.9 Å². The molecule has 3 aromatic heterocycles.